The molecule has 0 aromatic heterocycles. The van der Waals surface area contributed by atoms with E-state index < -0.39 is 5.97 Å². The minimum atomic E-state index is -0.751. The van der Waals surface area contributed by atoms with E-state index in [0.717, 1.165) is 26.1 Å². The van der Waals surface area contributed by atoms with Gasteiger partial charge in [-0.1, -0.05) is 26.0 Å². The fraction of sp³-hybridized carbons (Fsp3) is 0.579. The quantitative estimate of drug-likeness (QED) is 0.834. The van der Waals surface area contributed by atoms with Crippen LogP contribution in [0.1, 0.15) is 49.0 Å². The molecule has 1 amide bonds. The molecule has 1 fully saturated rings. The molecule has 0 saturated carbocycles. The predicted molar refractivity (Wildman–Crippen MR) is 93.9 cm³/mol. The van der Waals surface area contributed by atoms with Crippen LogP contribution in [0.25, 0.3) is 0 Å². The lowest BCUT2D eigenvalue weighted by molar-refractivity contribution is -0.143. The highest BCUT2D eigenvalue weighted by molar-refractivity contribution is 5.94. The van der Waals surface area contributed by atoms with Crippen molar-refractivity contribution in [1.82, 2.24) is 9.80 Å². The van der Waals surface area contributed by atoms with Crippen molar-refractivity contribution < 1.29 is 14.7 Å². The van der Waals surface area contributed by atoms with Gasteiger partial charge in [0.15, 0.2) is 0 Å². The molecule has 0 spiro atoms. The number of hydrogen-bond acceptors (Lipinski definition) is 3. The Morgan fingerprint density at radius 2 is 1.79 bits per heavy atom. The summed E-state index contributed by atoms with van der Waals surface area (Å²) in [5.41, 5.74) is 1.90. The lowest BCUT2D eigenvalue weighted by Gasteiger charge is -2.30. The van der Waals surface area contributed by atoms with Crippen LogP contribution in [0.4, 0.5) is 0 Å². The van der Waals surface area contributed by atoms with Crippen LogP contribution < -0.4 is 0 Å². The van der Waals surface area contributed by atoms with Crippen molar-refractivity contribution in [1.29, 1.82) is 0 Å². The summed E-state index contributed by atoms with van der Waals surface area (Å²) in [6, 6.07) is 7.83. The van der Waals surface area contributed by atoms with Gasteiger partial charge in [0, 0.05) is 25.2 Å². The van der Waals surface area contributed by atoms with Crippen LogP contribution in [-0.2, 0) is 11.3 Å². The van der Waals surface area contributed by atoms with Gasteiger partial charge in [-0.2, -0.15) is 0 Å². The van der Waals surface area contributed by atoms with E-state index in [-0.39, 0.29) is 11.8 Å². The average molecular weight is 332 g/mol. The topological polar surface area (TPSA) is 60.9 Å². The number of rotatable bonds is 7. The molecule has 1 aromatic rings. The Kier molecular flexibility index (Phi) is 6.79. The fourth-order valence-electron chi connectivity index (χ4n) is 3.19. The molecule has 5 nitrogen and oxygen atoms in total. The van der Waals surface area contributed by atoms with E-state index in [9.17, 15) is 9.59 Å². The third kappa shape index (κ3) is 4.81. The number of likely N-dealkylation sites (tertiary alicyclic amines) is 1. The van der Waals surface area contributed by atoms with E-state index in [1.807, 2.05) is 24.3 Å². The van der Waals surface area contributed by atoms with Crippen molar-refractivity contribution in [2.24, 2.45) is 5.92 Å². The van der Waals surface area contributed by atoms with E-state index >= 15 is 0 Å². The molecule has 1 aliphatic heterocycles. The molecule has 1 saturated heterocycles. The average Bonchev–Trinajstić information content (AvgIpc) is 2.61. The first-order chi connectivity index (χ1) is 11.5. The molecule has 5 heteroatoms. The summed E-state index contributed by atoms with van der Waals surface area (Å²) < 4.78 is 0. The number of aliphatic carboxylic acids is 1. The van der Waals surface area contributed by atoms with Gasteiger partial charge in [0.25, 0.3) is 5.91 Å². The largest absolute Gasteiger partial charge is 0.481 e. The highest BCUT2D eigenvalue weighted by Gasteiger charge is 2.27. The normalized spacial score (nSPS) is 15.7. The minimum absolute atomic E-state index is 0.00583. The van der Waals surface area contributed by atoms with Gasteiger partial charge < -0.3 is 10.0 Å². The summed E-state index contributed by atoms with van der Waals surface area (Å²) in [5.74, 6) is -1.06. The second-order valence-corrected chi connectivity index (χ2v) is 6.47. The lowest BCUT2D eigenvalue weighted by atomic mass is 9.96. The molecular formula is C19H28N2O3. The van der Waals surface area contributed by atoms with Crippen LogP contribution in [0.2, 0.25) is 0 Å². The summed E-state index contributed by atoms with van der Waals surface area (Å²) >= 11 is 0. The highest BCUT2D eigenvalue weighted by atomic mass is 16.4. The fourth-order valence-corrected chi connectivity index (χ4v) is 3.19. The Hall–Kier alpha value is -1.88. The maximum absolute atomic E-state index is 12.5. The summed E-state index contributed by atoms with van der Waals surface area (Å²) in [6.07, 6.45) is 2.22. The standard InChI is InChI=1S/C19H28N2O3/c1-3-11-20(4-2)14-15-5-7-16(8-6-15)18(22)21-12-9-17(10-13-21)19(23)24/h5-8,17H,3-4,9-14H2,1-2H3,(H,23,24). The molecule has 0 bridgehead atoms. The van der Waals surface area contributed by atoms with Crippen LogP contribution in [0, 0.1) is 5.92 Å². The Bertz CT molecular complexity index is 548. The molecule has 0 radical (unpaired) electrons. The van der Waals surface area contributed by atoms with Crippen LogP contribution in [0.15, 0.2) is 24.3 Å². The predicted octanol–water partition coefficient (Wildman–Crippen LogP) is 2.86. The number of nitrogens with zero attached hydrogens (tertiary/aromatic N) is 2. The summed E-state index contributed by atoms with van der Waals surface area (Å²) in [7, 11) is 0. The Balaban J connectivity index is 1.93. The third-order valence-electron chi connectivity index (χ3n) is 4.73. The van der Waals surface area contributed by atoms with Crippen molar-refractivity contribution >= 4 is 11.9 Å². The first-order valence-electron chi connectivity index (χ1n) is 8.88. The van der Waals surface area contributed by atoms with Gasteiger partial charge in [-0.3, -0.25) is 14.5 Å². The van der Waals surface area contributed by atoms with Crippen molar-refractivity contribution in [2.75, 3.05) is 26.2 Å². The number of carbonyl (C=O) groups excluding carboxylic acids is 1. The molecule has 1 N–H and O–H groups in total. The maximum Gasteiger partial charge on any atom is 0.306 e. The van der Waals surface area contributed by atoms with E-state index in [0.29, 0.717) is 31.5 Å². The van der Waals surface area contributed by atoms with Crippen molar-refractivity contribution in [3.8, 4) is 0 Å². The van der Waals surface area contributed by atoms with Gasteiger partial charge >= 0.3 is 5.97 Å². The third-order valence-corrected chi connectivity index (χ3v) is 4.73. The lowest BCUT2D eigenvalue weighted by Crippen LogP contribution is -2.40. The van der Waals surface area contributed by atoms with E-state index in [1.54, 1.807) is 4.90 Å². The van der Waals surface area contributed by atoms with Crippen LogP contribution in [-0.4, -0.2) is 53.0 Å². The zero-order valence-corrected chi connectivity index (χ0v) is 14.7. The maximum atomic E-state index is 12.5. The number of carbonyl (C=O) groups is 2. The second kappa shape index (κ2) is 8.83. The summed E-state index contributed by atoms with van der Waals surface area (Å²) in [4.78, 5) is 27.7. The highest BCUT2D eigenvalue weighted by Crippen LogP contribution is 2.19. The molecule has 1 aliphatic rings. The van der Waals surface area contributed by atoms with E-state index in [4.69, 9.17) is 5.11 Å². The molecular weight excluding hydrogens is 304 g/mol. The minimum Gasteiger partial charge on any atom is -0.481 e. The molecule has 1 heterocycles. The Morgan fingerprint density at radius 1 is 1.17 bits per heavy atom. The molecule has 0 aliphatic carbocycles. The molecule has 1 aromatic carbocycles. The number of carboxylic acid groups (broad SMARTS) is 1. The molecule has 2 rings (SSSR count). The van der Waals surface area contributed by atoms with Gasteiger partial charge in [0.2, 0.25) is 0 Å². The van der Waals surface area contributed by atoms with Crippen LogP contribution in [0.3, 0.4) is 0 Å². The number of carboxylic acids is 1. The number of benzene rings is 1. The number of piperidine rings is 1. The van der Waals surface area contributed by atoms with Gasteiger partial charge in [0.1, 0.15) is 0 Å². The summed E-state index contributed by atoms with van der Waals surface area (Å²) in [6.45, 7) is 8.40. The van der Waals surface area contributed by atoms with Gasteiger partial charge in [-0.25, -0.2) is 0 Å². The van der Waals surface area contributed by atoms with Crippen LogP contribution in [0.5, 0.6) is 0 Å². The molecule has 132 valence electrons. The number of amides is 1. The van der Waals surface area contributed by atoms with Gasteiger partial charge in [-0.05, 0) is 50.0 Å². The second-order valence-electron chi connectivity index (χ2n) is 6.47. The first-order valence-corrected chi connectivity index (χ1v) is 8.88. The van der Waals surface area contributed by atoms with E-state index in [1.165, 1.54) is 5.56 Å². The first kappa shape index (κ1) is 18.5. The van der Waals surface area contributed by atoms with Crippen LogP contribution >= 0.6 is 0 Å². The SMILES string of the molecule is CCCN(CC)Cc1ccc(C(=O)N2CCC(C(=O)O)CC2)cc1. The monoisotopic (exact) mass is 332 g/mol. The Labute approximate surface area is 144 Å². The van der Waals surface area contributed by atoms with Crippen molar-refractivity contribution in [3.05, 3.63) is 35.4 Å². The zero-order chi connectivity index (χ0) is 17.5. The molecule has 0 atom stereocenters. The zero-order valence-electron chi connectivity index (χ0n) is 14.7. The van der Waals surface area contributed by atoms with Crippen molar-refractivity contribution in [3.63, 3.8) is 0 Å². The van der Waals surface area contributed by atoms with Gasteiger partial charge in [0.05, 0.1) is 5.92 Å². The Morgan fingerprint density at radius 3 is 2.29 bits per heavy atom. The summed E-state index contributed by atoms with van der Waals surface area (Å²) in [5, 5.41) is 9.03. The number of hydrogen-bond donors (Lipinski definition) is 1. The molecule has 0 unspecified atom stereocenters. The van der Waals surface area contributed by atoms with E-state index in [2.05, 4.69) is 18.7 Å². The van der Waals surface area contributed by atoms with Crippen molar-refractivity contribution in [2.45, 2.75) is 39.7 Å². The van der Waals surface area contributed by atoms with Gasteiger partial charge in [-0.15, -0.1) is 0 Å². The molecule has 24 heavy (non-hydrogen) atoms. The smallest absolute Gasteiger partial charge is 0.306 e.